The molecular formula is C28H27N3O4S. The second-order valence-corrected chi connectivity index (χ2v) is 9.14. The molecule has 2 aromatic heterocycles. The fourth-order valence-electron chi connectivity index (χ4n) is 3.92. The second kappa shape index (κ2) is 12.1. The van der Waals surface area contributed by atoms with E-state index in [9.17, 15) is 14.7 Å². The van der Waals surface area contributed by atoms with Gasteiger partial charge >= 0.3 is 5.97 Å². The number of ether oxygens (including phenoxy) is 1. The van der Waals surface area contributed by atoms with Crippen LogP contribution in [0.3, 0.4) is 0 Å². The molecule has 2 N–H and O–H groups in total. The molecule has 0 spiro atoms. The lowest BCUT2D eigenvalue weighted by molar-refractivity contribution is -0.141. The van der Waals surface area contributed by atoms with Gasteiger partial charge in [-0.25, -0.2) is 9.97 Å². The van der Waals surface area contributed by atoms with Gasteiger partial charge in [0.1, 0.15) is 5.01 Å². The SMILES string of the molecule is CCOc1ccc(-c2ccccc2-c2csc(CNC(=O)[C@@H](CC(=O)O)Cc3ccccc3)n2)cn1. The molecule has 7 nitrogen and oxygen atoms in total. The lowest BCUT2D eigenvalue weighted by atomic mass is 9.95. The highest BCUT2D eigenvalue weighted by Gasteiger charge is 2.22. The van der Waals surface area contributed by atoms with E-state index in [1.165, 1.54) is 11.3 Å². The van der Waals surface area contributed by atoms with Crippen LogP contribution < -0.4 is 10.1 Å². The average molecular weight is 502 g/mol. The van der Waals surface area contributed by atoms with Crippen molar-refractivity contribution in [2.45, 2.75) is 26.3 Å². The normalized spacial score (nSPS) is 11.6. The summed E-state index contributed by atoms with van der Waals surface area (Å²) in [6.45, 7) is 2.72. The summed E-state index contributed by atoms with van der Waals surface area (Å²) in [5.74, 6) is -1.36. The van der Waals surface area contributed by atoms with Crippen LogP contribution in [0.25, 0.3) is 22.4 Å². The van der Waals surface area contributed by atoms with Crippen LogP contribution in [-0.4, -0.2) is 33.6 Å². The summed E-state index contributed by atoms with van der Waals surface area (Å²) >= 11 is 1.45. The molecule has 0 aliphatic rings. The molecular weight excluding hydrogens is 474 g/mol. The number of carboxylic acid groups (broad SMARTS) is 1. The first-order valence-corrected chi connectivity index (χ1v) is 12.6. The number of benzene rings is 2. The summed E-state index contributed by atoms with van der Waals surface area (Å²) in [5, 5.41) is 14.9. The first-order chi connectivity index (χ1) is 17.5. The molecule has 0 aliphatic carbocycles. The van der Waals surface area contributed by atoms with Crippen LogP contribution in [0.5, 0.6) is 5.88 Å². The summed E-state index contributed by atoms with van der Waals surface area (Å²) in [6.07, 6.45) is 1.92. The van der Waals surface area contributed by atoms with Gasteiger partial charge < -0.3 is 15.2 Å². The van der Waals surface area contributed by atoms with Gasteiger partial charge in [0.05, 0.1) is 31.2 Å². The van der Waals surface area contributed by atoms with Gasteiger partial charge in [0.15, 0.2) is 0 Å². The summed E-state index contributed by atoms with van der Waals surface area (Å²) in [4.78, 5) is 33.3. The number of amides is 1. The van der Waals surface area contributed by atoms with E-state index in [-0.39, 0.29) is 18.9 Å². The molecule has 36 heavy (non-hydrogen) atoms. The van der Waals surface area contributed by atoms with Crippen molar-refractivity contribution in [1.82, 2.24) is 15.3 Å². The zero-order valence-corrected chi connectivity index (χ0v) is 20.7. The molecule has 0 fully saturated rings. The number of hydrogen-bond acceptors (Lipinski definition) is 6. The Morgan fingerprint density at radius 3 is 2.47 bits per heavy atom. The van der Waals surface area contributed by atoms with Crippen LogP contribution >= 0.6 is 11.3 Å². The summed E-state index contributed by atoms with van der Waals surface area (Å²) in [6, 6.07) is 21.2. The van der Waals surface area contributed by atoms with E-state index in [0.29, 0.717) is 18.9 Å². The Kier molecular flexibility index (Phi) is 8.41. The number of pyridine rings is 1. The number of aliphatic carboxylic acids is 1. The van der Waals surface area contributed by atoms with E-state index in [1.54, 1.807) is 6.20 Å². The first kappa shape index (κ1) is 25.1. The number of carbonyl (C=O) groups excluding carboxylic acids is 1. The van der Waals surface area contributed by atoms with Crippen molar-refractivity contribution in [3.05, 3.63) is 88.9 Å². The molecule has 0 radical (unpaired) electrons. The predicted octanol–water partition coefficient (Wildman–Crippen LogP) is 5.22. The molecule has 0 bridgehead atoms. The minimum Gasteiger partial charge on any atom is -0.481 e. The van der Waals surface area contributed by atoms with E-state index in [4.69, 9.17) is 9.72 Å². The van der Waals surface area contributed by atoms with E-state index < -0.39 is 11.9 Å². The number of rotatable bonds is 11. The summed E-state index contributed by atoms with van der Waals surface area (Å²) in [7, 11) is 0. The molecule has 1 amide bonds. The molecule has 0 aliphatic heterocycles. The quantitative estimate of drug-likeness (QED) is 0.292. The van der Waals surface area contributed by atoms with E-state index in [1.807, 2.05) is 79.0 Å². The number of carbonyl (C=O) groups is 2. The Balaban J connectivity index is 1.46. The van der Waals surface area contributed by atoms with Gasteiger partial charge in [-0.3, -0.25) is 9.59 Å². The minimum atomic E-state index is -0.997. The molecule has 2 heterocycles. The first-order valence-electron chi connectivity index (χ1n) is 11.7. The Morgan fingerprint density at radius 1 is 1.03 bits per heavy atom. The second-order valence-electron chi connectivity index (χ2n) is 8.19. The van der Waals surface area contributed by atoms with Crippen LogP contribution in [0.15, 0.2) is 78.3 Å². The number of aromatic nitrogens is 2. The van der Waals surface area contributed by atoms with Gasteiger partial charge in [-0.15, -0.1) is 11.3 Å². The van der Waals surface area contributed by atoms with E-state index in [0.717, 1.165) is 33.0 Å². The fourth-order valence-corrected chi connectivity index (χ4v) is 4.65. The average Bonchev–Trinajstić information content (AvgIpc) is 3.37. The largest absolute Gasteiger partial charge is 0.481 e. The van der Waals surface area contributed by atoms with Gasteiger partial charge in [0.2, 0.25) is 11.8 Å². The molecule has 184 valence electrons. The van der Waals surface area contributed by atoms with Crippen LogP contribution in [0, 0.1) is 5.92 Å². The van der Waals surface area contributed by atoms with Crippen molar-refractivity contribution in [3.63, 3.8) is 0 Å². The minimum absolute atomic E-state index is 0.229. The smallest absolute Gasteiger partial charge is 0.304 e. The highest BCUT2D eigenvalue weighted by molar-refractivity contribution is 7.09. The fraction of sp³-hybridized carbons (Fsp3) is 0.214. The highest BCUT2D eigenvalue weighted by atomic mass is 32.1. The van der Waals surface area contributed by atoms with Crippen LogP contribution in [-0.2, 0) is 22.6 Å². The highest BCUT2D eigenvalue weighted by Crippen LogP contribution is 2.32. The standard InChI is InChI=1S/C28H27N3O4S/c1-2-35-25-13-12-20(16-29-25)22-10-6-7-11-23(22)24-18-36-26(31-24)17-30-28(34)21(15-27(32)33)14-19-8-4-3-5-9-19/h3-13,16,18,21H,2,14-15,17H2,1H3,(H,30,34)(H,32,33)/t21-/m1/s1. The zero-order chi connectivity index (χ0) is 25.3. The summed E-state index contributed by atoms with van der Waals surface area (Å²) in [5.41, 5.74) is 4.65. The van der Waals surface area contributed by atoms with Gasteiger partial charge in [-0.05, 0) is 30.5 Å². The molecule has 0 unspecified atom stereocenters. The van der Waals surface area contributed by atoms with Crippen molar-refractivity contribution >= 4 is 23.2 Å². The van der Waals surface area contributed by atoms with Crippen LogP contribution in [0.4, 0.5) is 0 Å². The molecule has 8 heteroatoms. The van der Waals surface area contributed by atoms with E-state index >= 15 is 0 Å². The maximum atomic E-state index is 12.8. The van der Waals surface area contributed by atoms with Gasteiger partial charge in [0.25, 0.3) is 0 Å². The Labute approximate surface area is 213 Å². The number of hydrogen-bond donors (Lipinski definition) is 2. The molecule has 4 aromatic rings. The van der Waals surface area contributed by atoms with Crippen molar-refractivity contribution < 1.29 is 19.4 Å². The third-order valence-electron chi connectivity index (χ3n) is 5.62. The monoisotopic (exact) mass is 501 g/mol. The number of nitrogens with one attached hydrogen (secondary N) is 1. The third-order valence-corrected chi connectivity index (χ3v) is 6.47. The van der Waals surface area contributed by atoms with Gasteiger partial charge in [0, 0.05) is 28.8 Å². The molecule has 0 saturated carbocycles. The molecule has 4 rings (SSSR count). The maximum Gasteiger partial charge on any atom is 0.304 e. The molecule has 2 aromatic carbocycles. The number of carboxylic acids is 1. The van der Waals surface area contributed by atoms with Crippen LogP contribution in [0.2, 0.25) is 0 Å². The van der Waals surface area contributed by atoms with E-state index in [2.05, 4.69) is 10.3 Å². The lowest BCUT2D eigenvalue weighted by Crippen LogP contribution is -2.33. The Morgan fingerprint density at radius 2 is 1.78 bits per heavy atom. The molecule has 1 atom stereocenters. The zero-order valence-electron chi connectivity index (χ0n) is 19.9. The topological polar surface area (TPSA) is 101 Å². The van der Waals surface area contributed by atoms with Crippen molar-refractivity contribution in [3.8, 4) is 28.3 Å². The Bertz CT molecular complexity index is 1310. The number of thiazole rings is 1. The van der Waals surface area contributed by atoms with Crippen LogP contribution in [0.1, 0.15) is 23.9 Å². The molecule has 0 saturated heterocycles. The van der Waals surface area contributed by atoms with Crippen molar-refractivity contribution in [1.29, 1.82) is 0 Å². The van der Waals surface area contributed by atoms with Gasteiger partial charge in [-0.1, -0.05) is 54.6 Å². The lowest BCUT2D eigenvalue weighted by Gasteiger charge is -2.14. The van der Waals surface area contributed by atoms with Gasteiger partial charge in [-0.2, -0.15) is 0 Å². The third kappa shape index (κ3) is 6.55. The predicted molar refractivity (Wildman–Crippen MR) is 140 cm³/mol. The Hall–Kier alpha value is -4.04. The maximum absolute atomic E-state index is 12.8. The van der Waals surface area contributed by atoms with Crippen molar-refractivity contribution in [2.24, 2.45) is 5.92 Å². The number of nitrogens with zero attached hydrogens (tertiary/aromatic N) is 2. The van der Waals surface area contributed by atoms with Crippen molar-refractivity contribution in [2.75, 3.05) is 6.61 Å². The summed E-state index contributed by atoms with van der Waals surface area (Å²) < 4.78 is 5.44.